The summed E-state index contributed by atoms with van der Waals surface area (Å²) < 4.78 is 16.7. The minimum atomic E-state index is -0.518. The number of anilines is 2. The third-order valence-electron chi connectivity index (χ3n) is 4.73. The highest BCUT2D eigenvalue weighted by Crippen LogP contribution is 2.33. The van der Waals surface area contributed by atoms with Crippen LogP contribution >= 0.6 is 0 Å². The minimum absolute atomic E-state index is 0.133. The smallest absolute Gasteiger partial charge is 0.360 e. The van der Waals surface area contributed by atoms with E-state index in [0.29, 0.717) is 53.9 Å². The highest BCUT2D eigenvalue weighted by atomic mass is 16.5. The second-order valence-electron chi connectivity index (χ2n) is 7.13. The molecule has 0 saturated carbocycles. The summed E-state index contributed by atoms with van der Waals surface area (Å²) in [4.78, 5) is 22.1. The lowest BCUT2D eigenvalue weighted by Crippen LogP contribution is -2.13. The van der Waals surface area contributed by atoms with Crippen molar-refractivity contribution >= 4 is 28.5 Å². The number of esters is 1. The topological polar surface area (TPSA) is 82.6 Å². The summed E-state index contributed by atoms with van der Waals surface area (Å²) in [5, 5.41) is 3.23. The Kier molecular flexibility index (Phi) is 7.28. The summed E-state index contributed by atoms with van der Waals surface area (Å²) >= 11 is 0. The maximum atomic E-state index is 12.8. The van der Waals surface area contributed by atoms with Gasteiger partial charge in [-0.25, -0.2) is 14.8 Å². The summed E-state index contributed by atoms with van der Waals surface area (Å²) in [6.45, 7) is 11.1. The number of rotatable bonds is 9. The summed E-state index contributed by atoms with van der Waals surface area (Å²) in [6, 6.07) is 9.38. The van der Waals surface area contributed by atoms with Gasteiger partial charge in [-0.3, -0.25) is 0 Å². The molecule has 7 nitrogen and oxygen atoms in total. The molecule has 1 N–H and O–H groups in total. The van der Waals surface area contributed by atoms with Crippen molar-refractivity contribution in [3.8, 4) is 11.5 Å². The van der Waals surface area contributed by atoms with Crippen molar-refractivity contribution in [2.45, 2.75) is 41.0 Å². The van der Waals surface area contributed by atoms with Gasteiger partial charge in [-0.1, -0.05) is 6.92 Å². The van der Waals surface area contributed by atoms with Gasteiger partial charge in [0.2, 0.25) is 0 Å². The van der Waals surface area contributed by atoms with E-state index < -0.39 is 5.97 Å². The molecule has 0 fully saturated rings. The monoisotopic (exact) mass is 423 g/mol. The Morgan fingerprint density at radius 3 is 2.26 bits per heavy atom. The van der Waals surface area contributed by atoms with Crippen molar-refractivity contribution in [2.75, 3.05) is 25.1 Å². The van der Waals surface area contributed by atoms with Gasteiger partial charge in [-0.05, 0) is 69.5 Å². The lowest BCUT2D eigenvalue weighted by molar-refractivity contribution is 0.0499. The molecule has 0 amide bonds. The molecule has 0 unspecified atom stereocenters. The number of aryl methyl sites for hydroxylation is 2. The Balaban J connectivity index is 2.12. The van der Waals surface area contributed by atoms with Crippen molar-refractivity contribution < 1.29 is 19.0 Å². The molecule has 0 radical (unpaired) electrons. The van der Waals surface area contributed by atoms with Crippen LogP contribution in [0.2, 0.25) is 0 Å². The van der Waals surface area contributed by atoms with E-state index in [-0.39, 0.29) is 5.69 Å². The molecule has 0 bridgehead atoms. The highest BCUT2D eigenvalue weighted by Gasteiger charge is 2.20. The first-order chi connectivity index (χ1) is 15.0. The zero-order valence-electron chi connectivity index (χ0n) is 18.7. The van der Waals surface area contributed by atoms with Gasteiger partial charge in [0.15, 0.2) is 11.5 Å². The molecule has 0 aliphatic rings. The van der Waals surface area contributed by atoms with Gasteiger partial charge < -0.3 is 19.5 Å². The summed E-state index contributed by atoms with van der Waals surface area (Å²) in [6.07, 6.45) is 0.721. The molecule has 3 aromatic rings. The molecule has 3 rings (SSSR count). The zero-order valence-corrected chi connectivity index (χ0v) is 18.7. The molecule has 1 aromatic heterocycles. The van der Waals surface area contributed by atoms with Gasteiger partial charge >= 0.3 is 5.97 Å². The van der Waals surface area contributed by atoms with Crippen LogP contribution in [0.15, 0.2) is 30.3 Å². The van der Waals surface area contributed by atoms with E-state index in [9.17, 15) is 4.79 Å². The van der Waals surface area contributed by atoms with Crippen LogP contribution in [0.5, 0.6) is 11.5 Å². The number of benzene rings is 2. The average molecular weight is 424 g/mol. The predicted octanol–water partition coefficient (Wildman–Crippen LogP) is 5.35. The normalized spacial score (nSPS) is 10.7. The zero-order chi connectivity index (χ0) is 22.4. The molecule has 0 saturated heterocycles. The third kappa shape index (κ3) is 5.23. The molecular formula is C24H29N3O4. The standard InChI is InChI=1S/C24H29N3O4/c1-6-11-31-24(28)22-23(26-19-13-16(5)15(4)12-18(19)25-22)27-20-14-17(29-7-2)9-10-21(20)30-8-3/h9-10,12-14H,6-8,11H2,1-5H3,(H,26,27). The van der Waals surface area contributed by atoms with Gasteiger partial charge in [-0.15, -0.1) is 0 Å². The number of nitrogens with one attached hydrogen (secondary N) is 1. The van der Waals surface area contributed by atoms with Crippen LogP contribution in [-0.4, -0.2) is 35.8 Å². The molecule has 0 atom stereocenters. The highest BCUT2D eigenvalue weighted by molar-refractivity contribution is 5.96. The van der Waals surface area contributed by atoms with Crippen LogP contribution < -0.4 is 14.8 Å². The first-order valence-electron chi connectivity index (χ1n) is 10.6. The van der Waals surface area contributed by atoms with Crippen LogP contribution in [0.4, 0.5) is 11.5 Å². The number of aromatic nitrogens is 2. The molecule has 0 aliphatic heterocycles. The Morgan fingerprint density at radius 1 is 0.935 bits per heavy atom. The molecule has 1 heterocycles. The third-order valence-corrected chi connectivity index (χ3v) is 4.73. The Labute approximate surface area is 182 Å². The van der Waals surface area contributed by atoms with Crippen LogP contribution in [0, 0.1) is 13.8 Å². The van der Waals surface area contributed by atoms with Gasteiger partial charge in [0.1, 0.15) is 11.5 Å². The number of ether oxygens (including phenoxy) is 3. The summed E-state index contributed by atoms with van der Waals surface area (Å²) in [5.41, 5.74) is 4.28. The van der Waals surface area contributed by atoms with E-state index >= 15 is 0 Å². The van der Waals surface area contributed by atoms with Crippen LogP contribution in [0.1, 0.15) is 48.8 Å². The van der Waals surface area contributed by atoms with Crippen molar-refractivity contribution in [3.05, 3.63) is 47.2 Å². The van der Waals surface area contributed by atoms with Crippen LogP contribution in [0.25, 0.3) is 11.0 Å². The first kappa shape index (κ1) is 22.3. The molecule has 31 heavy (non-hydrogen) atoms. The van der Waals surface area contributed by atoms with E-state index in [1.807, 2.05) is 65.0 Å². The minimum Gasteiger partial charge on any atom is -0.494 e. The summed E-state index contributed by atoms with van der Waals surface area (Å²) in [5.74, 6) is 1.10. The van der Waals surface area contributed by atoms with Crippen LogP contribution in [0.3, 0.4) is 0 Å². The summed E-state index contributed by atoms with van der Waals surface area (Å²) in [7, 11) is 0. The number of fused-ring (bicyclic) bond motifs is 1. The lowest BCUT2D eigenvalue weighted by atomic mass is 10.1. The predicted molar refractivity (Wildman–Crippen MR) is 122 cm³/mol. The Morgan fingerprint density at radius 2 is 1.61 bits per heavy atom. The maximum absolute atomic E-state index is 12.8. The van der Waals surface area contributed by atoms with E-state index in [4.69, 9.17) is 19.2 Å². The molecule has 0 spiro atoms. The number of carbonyl (C=O) groups excluding carboxylic acids is 1. The van der Waals surface area contributed by atoms with E-state index in [1.165, 1.54) is 0 Å². The number of nitrogens with zero attached hydrogens (tertiary/aromatic N) is 2. The molecular weight excluding hydrogens is 394 g/mol. The average Bonchev–Trinajstić information content (AvgIpc) is 2.75. The fourth-order valence-electron chi connectivity index (χ4n) is 3.08. The second kappa shape index (κ2) is 10.1. The van der Waals surface area contributed by atoms with Gasteiger partial charge in [0, 0.05) is 6.07 Å². The van der Waals surface area contributed by atoms with E-state index in [2.05, 4.69) is 10.3 Å². The van der Waals surface area contributed by atoms with Crippen LogP contribution in [-0.2, 0) is 4.74 Å². The maximum Gasteiger partial charge on any atom is 0.360 e. The second-order valence-corrected chi connectivity index (χ2v) is 7.13. The molecule has 7 heteroatoms. The fraction of sp³-hybridized carbons (Fsp3) is 0.375. The van der Waals surface area contributed by atoms with Gasteiger partial charge in [0.25, 0.3) is 0 Å². The Bertz CT molecular complexity index is 1080. The van der Waals surface area contributed by atoms with E-state index in [1.54, 1.807) is 0 Å². The number of hydrogen-bond donors (Lipinski definition) is 1. The lowest BCUT2D eigenvalue weighted by Gasteiger charge is -2.16. The molecule has 2 aromatic carbocycles. The van der Waals surface area contributed by atoms with E-state index in [0.717, 1.165) is 17.5 Å². The van der Waals surface area contributed by atoms with Gasteiger partial charge in [-0.2, -0.15) is 0 Å². The quantitative estimate of drug-likeness (QED) is 0.464. The first-order valence-corrected chi connectivity index (χ1v) is 10.6. The van der Waals surface area contributed by atoms with Crippen molar-refractivity contribution in [1.29, 1.82) is 0 Å². The van der Waals surface area contributed by atoms with Gasteiger partial charge in [0.05, 0.1) is 36.5 Å². The SMILES string of the molecule is CCCOC(=O)c1nc2cc(C)c(C)cc2nc1Nc1cc(OCC)ccc1OCC. The number of carbonyl (C=O) groups is 1. The van der Waals surface area contributed by atoms with Crippen molar-refractivity contribution in [2.24, 2.45) is 0 Å². The number of hydrogen-bond acceptors (Lipinski definition) is 7. The van der Waals surface area contributed by atoms with Crippen molar-refractivity contribution in [1.82, 2.24) is 9.97 Å². The fourth-order valence-corrected chi connectivity index (χ4v) is 3.08. The largest absolute Gasteiger partial charge is 0.494 e. The van der Waals surface area contributed by atoms with Crippen molar-refractivity contribution in [3.63, 3.8) is 0 Å². The Hall–Kier alpha value is -3.35. The molecule has 0 aliphatic carbocycles. The molecule has 164 valence electrons.